The Morgan fingerprint density at radius 1 is 1.62 bits per heavy atom. The van der Waals surface area contributed by atoms with Gasteiger partial charge in [-0.25, -0.2) is 4.98 Å². The highest BCUT2D eigenvalue weighted by Crippen LogP contribution is 2.39. The maximum atomic E-state index is 9.58. The zero-order valence-electron chi connectivity index (χ0n) is 12.2. The van der Waals surface area contributed by atoms with Gasteiger partial charge in [0.2, 0.25) is 0 Å². The molecule has 2 atom stereocenters. The number of aromatic nitrogens is 2. The van der Waals surface area contributed by atoms with Crippen molar-refractivity contribution in [3.63, 3.8) is 0 Å². The molecule has 0 aliphatic heterocycles. The van der Waals surface area contributed by atoms with E-state index in [9.17, 15) is 5.26 Å². The van der Waals surface area contributed by atoms with Crippen LogP contribution in [-0.4, -0.2) is 21.6 Å². The minimum atomic E-state index is -0.363. The number of thiophene rings is 1. The summed E-state index contributed by atoms with van der Waals surface area (Å²) in [6.45, 7) is 3.04. The van der Waals surface area contributed by atoms with Crippen LogP contribution in [0.15, 0.2) is 29.9 Å². The molecule has 2 unspecified atom stereocenters. The lowest BCUT2D eigenvalue weighted by Gasteiger charge is -2.23. The molecule has 2 heterocycles. The summed E-state index contributed by atoms with van der Waals surface area (Å²) in [5.41, 5.74) is -0.363. The zero-order chi connectivity index (χ0) is 14.7. The van der Waals surface area contributed by atoms with E-state index in [2.05, 4.69) is 45.4 Å². The molecule has 3 rings (SSSR count). The second-order valence-electron chi connectivity index (χ2n) is 5.65. The van der Waals surface area contributed by atoms with Crippen molar-refractivity contribution in [3.05, 3.63) is 29.9 Å². The molecule has 0 bridgehead atoms. The number of hydrogen-bond acceptors (Lipinski definition) is 4. The van der Waals surface area contributed by atoms with Crippen LogP contribution in [0.25, 0.3) is 10.7 Å². The third-order valence-electron chi connectivity index (χ3n) is 4.22. The molecule has 2 aromatic rings. The molecule has 1 aliphatic rings. The molecule has 2 aromatic heterocycles. The summed E-state index contributed by atoms with van der Waals surface area (Å²) in [6, 6.07) is 7.03. The van der Waals surface area contributed by atoms with E-state index < -0.39 is 0 Å². The molecule has 0 saturated heterocycles. The predicted octanol–water partition coefficient (Wildman–Crippen LogP) is 3.60. The van der Waals surface area contributed by atoms with Gasteiger partial charge in [0.15, 0.2) is 0 Å². The largest absolute Gasteiger partial charge is 0.327 e. The minimum absolute atomic E-state index is 0.355. The Morgan fingerprint density at radius 3 is 3.24 bits per heavy atom. The topological polar surface area (TPSA) is 53.6 Å². The second-order valence-corrected chi connectivity index (χ2v) is 6.60. The maximum absolute atomic E-state index is 9.58. The van der Waals surface area contributed by atoms with E-state index >= 15 is 0 Å². The average Bonchev–Trinajstić information content (AvgIpc) is 3.23. The van der Waals surface area contributed by atoms with Crippen LogP contribution in [0.2, 0.25) is 0 Å². The van der Waals surface area contributed by atoms with E-state index in [-0.39, 0.29) is 5.54 Å². The lowest BCUT2D eigenvalue weighted by molar-refractivity contribution is 0.401. The van der Waals surface area contributed by atoms with Crippen LogP contribution < -0.4 is 5.32 Å². The van der Waals surface area contributed by atoms with Gasteiger partial charge in [0.1, 0.15) is 11.4 Å². The van der Waals surface area contributed by atoms with Gasteiger partial charge in [-0.1, -0.05) is 13.0 Å². The summed E-state index contributed by atoms with van der Waals surface area (Å²) in [5.74, 6) is 1.03. The van der Waals surface area contributed by atoms with Gasteiger partial charge >= 0.3 is 0 Å². The fraction of sp³-hybridized carbons (Fsp3) is 0.500. The van der Waals surface area contributed by atoms with Crippen molar-refractivity contribution >= 4 is 11.3 Å². The Bertz CT molecular complexity index is 625. The molecule has 0 radical (unpaired) electrons. The van der Waals surface area contributed by atoms with Crippen molar-refractivity contribution in [3.8, 4) is 16.8 Å². The highest BCUT2D eigenvalue weighted by atomic mass is 32.1. The number of nitrogens with zero attached hydrogens (tertiary/aromatic N) is 3. The normalized spacial score (nSPS) is 25.0. The Balaban J connectivity index is 1.81. The highest BCUT2D eigenvalue weighted by molar-refractivity contribution is 7.13. The van der Waals surface area contributed by atoms with Crippen LogP contribution in [0.3, 0.4) is 0 Å². The average molecular weight is 300 g/mol. The van der Waals surface area contributed by atoms with Crippen molar-refractivity contribution in [2.45, 2.75) is 44.2 Å². The third kappa shape index (κ3) is 2.74. The van der Waals surface area contributed by atoms with Crippen LogP contribution >= 0.6 is 11.3 Å². The van der Waals surface area contributed by atoms with Gasteiger partial charge in [-0.15, -0.1) is 11.3 Å². The highest BCUT2D eigenvalue weighted by Gasteiger charge is 2.40. The molecule has 0 amide bonds. The van der Waals surface area contributed by atoms with Crippen LogP contribution in [0.5, 0.6) is 0 Å². The van der Waals surface area contributed by atoms with E-state index in [1.807, 2.05) is 12.4 Å². The summed E-state index contributed by atoms with van der Waals surface area (Å²) < 4.78 is 2.25. The van der Waals surface area contributed by atoms with Gasteiger partial charge < -0.3 is 4.57 Å². The number of rotatable bonds is 5. The van der Waals surface area contributed by atoms with Crippen molar-refractivity contribution in [2.75, 3.05) is 6.54 Å². The smallest absolute Gasteiger partial charge is 0.150 e. The Morgan fingerprint density at radius 2 is 2.52 bits per heavy atom. The number of hydrogen-bond donors (Lipinski definition) is 1. The molecule has 1 aliphatic carbocycles. The Kier molecular flexibility index (Phi) is 4.09. The molecule has 5 heteroatoms. The predicted molar refractivity (Wildman–Crippen MR) is 85.1 cm³/mol. The van der Waals surface area contributed by atoms with Gasteiger partial charge in [-0.05, 0) is 43.7 Å². The van der Waals surface area contributed by atoms with E-state index in [1.165, 1.54) is 4.88 Å². The summed E-state index contributed by atoms with van der Waals surface area (Å²) in [7, 11) is 0. The zero-order valence-corrected chi connectivity index (χ0v) is 13.1. The fourth-order valence-corrected chi connectivity index (χ4v) is 3.85. The monoisotopic (exact) mass is 300 g/mol. The molecule has 1 saturated carbocycles. The lowest BCUT2D eigenvalue weighted by Crippen LogP contribution is -2.42. The minimum Gasteiger partial charge on any atom is -0.327 e. The van der Waals surface area contributed by atoms with Crippen LogP contribution in [0.4, 0.5) is 0 Å². The third-order valence-corrected chi connectivity index (χ3v) is 5.09. The molecule has 110 valence electrons. The number of nitriles is 1. The number of nitrogens with one attached hydrogen (secondary N) is 1. The SMILES string of the molecule is CCCNC1(C#N)CCC(n2ccnc2-c2cccs2)C1. The van der Waals surface area contributed by atoms with Crippen LogP contribution in [-0.2, 0) is 0 Å². The van der Waals surface area contributed by atoms with E-state index in [1.54, 1.807) is 11.3 Å². The van der Waals surface area contributed by atoms with Crippen LogP contribution in [0, 0.1) is 11.3 Å². The van der Waals surface area contributed by atoms with Crippen molar-refractivity contribution < 1.29 is 0 Å². The van der Waals surface area contributed by atoms with E-state index in [4.69, 9.17) is 0 Å². The molecule has 1 N–H and O–H groups in total. The van der Waals surface area contributed by atoms with Gasteiger partial charge in [0.25, 0.3) is 0 Å². The van der Waals surface area contributed by atoms with E-state index in [0.29, 0.717) is 6.04 Å². The summed E-state index contributed by atoms with van der Waals surface area (Å²) in [4.78, 5) is 5.70. The fourth-order valence-electron chi connectivity index (χ4n) is 3.13. The first-order chi connectivity index (χ1) is 10.3. The summed E-state index contributed by atoms with van der Waals surface area (Å²) in [6.07, 6.45) is 7.76. The molecule has 0 spiro atoms. The van der Waals surface area contributed by atoms with Crippen molar-refractivity contribution in [2.24, 2.45) is 0 Å². The van der Waals surface area contributed by atoms with Gasteiger partial charge in [-0.3, -0.25) is 5.32 Å². The quantitative estimate of drug-likeness (QED) is 0.918. The van der Waals surface area contributed by atoms with Gasteiger partial charge in [-0.2, -0.15) is 5.26 Å². The molecule has 21 heavy (non-hydrogen) atoms. The first-order valence-electron chi connectivity index (χ1n) is 7.51. The van der Waals surface area contributed by atoms with Gasteiger partial charge in [0, 0.05) is 18.4 Å². The van der Waals surface area contributed by atoms with Gasteiger partial charge in [0.05, 0.1) is 10.9 Å². The summed E-state index contributed by atoms with van der Waals surface area (Å²) in [5, 5.41) is 15.1. The van der Waals surface area contributed by atoms with Crippen molar-refractivity contribution in [1.82, 2.24) is 14.9 Å². The molecule has 1 fully saturated rings. The summed E-state index contributed by atoms with van der Waals surface area (Å²) >= 11 is 1.71. The lowest BCUT2D eigenvalue weighted by atomic mass is 9.99. The molecular formula is C16H20N4S. The van der Waals surface area contributed by atoms with E-state index in [0.717, 1.165) is 38.1 Å². The second kappa shape index (κ2) is 6.00. The Labute approximate surface area is 129 Å². The van der Waals surface area contributed by atoms with Crippen molar-refractivity contribution in [1.29, 1.82) is 5.26 Å². The standard InChI is InChI=1S/C16H20N4S/c1-2-7-19-16(12-17)6-5-13(11-16)20-9-8-18-15(20)14-4-3-10-21-14/h3-4,8-10,13,19H,2,5-7,11H2,1H3. The number of imidazole rings is 1. The first-order valence-corrected chi connectivity index (χ1v) is 8.39. The van der Waals surface area contributed by atoms with Crippen LogP contribution in [0.1, 0.15) is 38.6 Å². The maximum Gasteiger partial charge on any atom is 0.150 e. The molecule has 4 nitrogen and oxygen atoms in total. The molecule has 0 aromatic carbocycles. The Hall–Kier alpha value is -1.64. The first kappa shape index (κ1) is 14.3. The molecular weight excluding hydrogens is 280 g/mol.